The molecule has 0 aromatic heterocycles. The first kappa shape index (κ1) is 17.4. The van der Waals surface area contributed by atoms with E-state index in [1.54, 1.807) is 0 Å². The molecule has 2 aliphatic rings. The van der Waals surface area contributed by atoms with Crippen molar-refractivity contribution in [2.24, 2.45) is 5.41 Å². The molecule has 1 saturated carbocycles. The number of hydrogen-bond acceptors (Lipinski definition) is 3. The number of carbonyl (C=O) groups excluding carboxylic acids is 1. The molecule has 1 aromatic carbocycles. The van der Waals surface area contributed by atoms with E-state index in [1.807, 2.05) is 23.1 Å². The maximum atomic E-state index is 12.6. The minimum atomic E-state index is -3.60. The zero-order valence-corrected chi connectivity index (χ0v) is 14.8. The van der Waals surface area contributed by atoms with E-state index in [9.17, 15) is 13.2 Å². The van der Waals surface area contributed by atoms with Gasteiger partial charge in [-0.05, 0) is 18.4 Å². The van der Waals surface area contributed by atoms with Crippen LogP contribution in [0.3, 0.4) is 0 Å². The normalized spacial score (nSPS) is 23.0. The molecule has 0 radical (unpaired) electrons. The molecule has 0 unspecified atom stereocenters. The van der Waals surface area contributed by atoms with Gasteiger partial charge in [0, 0.05) is 19.0 Å². The Kier molecular flexibility index (Phi) is 4.94. The molecule has 24 heavy (non-hydrogen) atoms. The molecule has 7 heteroatoms. The minimum absolute atomic E-state index is 0.0607. The molecular weight excluding hydrogens is 326 g/mol. The molecule has 6 nitrogen and oxygen atoms in total. The third-order valence-electron chi connectivity index (χ3n) is 5.34. The summed E-state index contributed by atoms with van der Waals surface area (Å²) in [5, 5.41) is 0. The first-order chi connectivity index (χ1) is 11.5. The van der Waals surface area contributed by atoms with E-state index in [0.29, 0.717) is 0 Å². The summed E-state index contributed by atoms with van der Waals surface area (Å²) in [6, 6.07) is 10.2. The summed E-state index contributed by atoms with van der Waals surface area (Å²) in [5.41, 5.74) is 1.31. The number of likely N-dealkylation sites (tertiary alicyclic amines) is 1. The van der Waals surface area contributed by atoms with Crippen LogP contribution in [0.15, 0.2) is 30.3 Å². The van der Waals surface area contributed by atoms with Crippen LogP contribution in [0.1, 0.15) is 43.7 Å². The summed E-state index contributed by atoms with van der Waals surface area (Å²) in [4.78, 5) is 14.4. The zero-order valence-electron chi connectivity index (χ0n) is 14.0. The van der Waals surface area contributed by atoms with Gasteiger partial charge in [0.05, 0.1) is 12.6 Å². The highest BCUT2D eigenvalue weighted by Gasteiger charge is 2.54. The summed E-state index contributed by atoms with van der Waals surface area (Å²) in [5.74, 6) is -0.168. The maximum Gasteiger partial charge on any atom is 0.277 e. The van der Waals surface area contributed by atoms with Gasteiger partial charge in [-0.3, -0.25) is 4.79 Å². The Bertz CT molecular complexity index is 684. The summed E-state index contributed by atoms with van der Waals surface area (Å²) in [6.07, 6.45) is 5.95. The smallest absolute Gasteiger partial charge is 0.277 e. The van der Waals surface area contributed by atoms with Crippen molar-refractivity contribution in [2.75, 3.05) is 20.1 Å². The van der Waals surface area contributed by atoms with Gasteiger partial charge in [0.25, 0.3) is 10.2 Å². The van der Waals surface area contributed by atoms with Crippen LogP contribution in [0.2, 0.25) is 0 Å². The summed E-state index contributed by atoms with van der Waals surface area (Å²) in [7, 11) is -2.28. The first-order valence-corrected chi connectivity index (χ1v) is 9.98. The Morgan fingerprint density at radius 2 is 1.88 bits per heavy atom. The van der Waals surface area contributed by atoms with E-state index in [-0.39, 0.29) is 23.9 Å². The largest absolute Gasteiger partial charge is 0.333 e. The van der Waals surface area contributed by atoms with Crippen LogP contribution in [0.25, 0.3) is 0 Å². The Balaban J connectivity index is 1.77. The molecule has 1 aliphatic heterocycles. The van der Waals surface area contributed by atoms with Crippen molar-refractivity contribution in [1.82, 2.24) is 14.3 Å². The predicted octanol–water partition coefficient (Wildman–Crippen LogP) is 1.57. The van der Waals surface area contributed by atoms with Gasteiger partial charge in [0.15, 0.2) is 0 Å². The molecule has 1 aromatic rings. The van der Waals surface area contributed by atoms with Crippen LogP contribution in [0.4, 0.5) is 0 Å². The fourth-order valence-electron chi connectivity index (χ4n) is 4.15. The molecular formula is C17H25N3O3S. The Labute approximate surface area is 143 Å². The standard InChI is InChI=1S/C17H25N3O3S/c1-18-24(22,23)19-12-15(21)20-13-17(10-6-3-7-11-17)16(20)14-8-4-2-5-9-14/h2,4-5,8-9,16,18-19H,3,6-7,10-13H2,1H3/t16-/m0/s1. The second kappa shape index (κ2) is 6.82. The van der Waals surface area contributed by atoms with Crippen LogP contribution >= 0.6 is 0 Å². The van der Waals surface area contributed by atoms with Gasteiger partial charge in [-0.1, -0.05) is 49.6 Å². The molecule has 2 fully saturated rings. The minimum Gasteiger partial charge on any atom is -0.333 e. The first-order valence-electron chi connectivity index (χ1n) is 8.50. The number of amides is 1. The topological polar surface area (TPSA) is 78.5 Å². The number of nitrogens with zero attached hydrogens (tertiary/aromatic N) is 1. The lowest BCUT2D eigenvalue weighted by Crippen LogP contribution is -2.62. The van der Waals surface area contributed by atoms with E-state index in [0.717, 1.165) is 24.9 Å². The molecule has 1 amide bonds. The fraction of sp³-hybridized carbons (Fsp3) is 0.588. The molecule has 0 bridgehead atoms. The third kappa shape index (κ3) is 3.34. The molecule has 1 heterocycles. The maximum absolute atomic E-state index is 12.6. The van der Waals surface area contributed by atoms with Crippen molar-refractivity contribution in [3.05, 3.63) is 35.9 Å². The van der Waals surface area contributed by atoms with Crippen LogP contribution in [0.5, 0.6) is 0 Å². The van der Waals surface area contributed by atoms with Gasteiger partial charge < -0.3 is 4.90 Å². The fourth-order valence-corrected chi connectivity index (χ4v) is 4.61. The van der Waals surface area contributed by atoms with E-state index >= 15 is 0 Å². The lowest BCUT2D eigenvalue weighted by atomic mass is 9.61. The zero-order chi connectivity index (χ0) is 17.2. The van der Waals surface area contributed by atoms with Gasteiger partial charge in [-0.15, -0.1) is 0 Å². The second-order valence-corrected chi connectivity index (χ2v) is 8.49. The second-order valence-electron chi connectivity index (χ2n) is 6.79. The average Bonchev–Trinajstić information content (AvgIpc) is 2.59. The van der Waals surface area contributed by atoms with Gasteiger partial charge in [-0.25, -0.2) is 4.72 Å². The highest BCUT2D eigenvalue weighted by molar-refractivity contribution is 7.87. The number of hydrogen-bond donors (Lipinski definition) is 2. The van der Waals surface area contributed by atoms with E-state index < -0.39 is 10.2 Å². The lowest BCUT2D eigenvalue weighted by molar-refractivity contribution is -0.159. The summed E-state index contributed by atoms with van der Waals surface area (Å²) in [6.45, 7) is 0.523. The highest BCUT2D eigenvalue weighted by atomic mass is 32.2. The molecule has 3 rings (SSSR count). The molecule has 1 saturated heterocycles. The van der Waals surface area contributed by atoms with Crippen molar-refractivity contribution >= 4 is 16.1 Å². The monoisotopic (exact) mass is 351 g/mol. The Morgan fingerprint density at radius 3 is 2.50 bits per heavy atom. The van der Waals surface area contributed by atoms with Gasteiger partial charge in [-0.2, -0.15) is 13.1 Å². The predicted molar refractivity (Wildman–Crippen MR) is 92.4 cm³/mol. The van der Waals surface area contributed by atoms with E-state index in [4.69, 9.17) is 0 Å². The molecule has 1 aliphatic carbocycles. The highest BCUT2D eigenvalue weighted by Crippen LogP contribution is 2.56. The van der Waals surface area contributed by atoms with Crippen molar-refractivity contribution in [2.45, 2.75) is 38.1 Å². The van der Waals surface area contributed by atoms with Crippen LogP contribution in [-0.4, -0.2) is 39.4 Å². The van der Waals surface area contributed by atoms with E-state index in [1.165, 1.54) is 26.3 Å². The Morgan fingerprint density at radius 1 is 1.21 bits per heavy atom. The number of benzene rings is 1. The van der Waals surface area contributed by atoms with Crippen LogP contribution in [0, 0.1) is 5.41 Å². The summed E-state index contributed by atoms with van der Waals surface area (Å²) < 4.78 is 27.4. The SMILES string of the molecule is CNS(=O)(=O)NCC(=O)N1CC2(CCCCC2)[C@@H]1c1ccccc1. The van der Waals surface area contributed by atoms with Crippen LogP contribution in [-0.2, 0) is 15.0 Å². The number of nitrogens with one attached hydrogen (secondary N) is 2. The molecule has 1 spiro atoms. The van der Waals surface area contributed by atoms with Crippen LogP contribution < -0.4 is 9.44 Å². The van der Waals surface area contributed by atoms with Crippen molar-refractivity contribution in [3.8, 4) is 0 Å². The quantitative estimate of drug-likeness (QED) is 0.845. The number of rotatable bonds is 5. The van der Waals surface area contributed by atoms with Gasteiger partial charge in [0.2, 0.25) is 5.91 Å². The Hall–Kier alpha value is -1.44. The average molecular weight is 351 g/mol. The van der Waals surface area contributed by atoms with Crippen molar-refractivity contribution in [3.63, 3.8) is 0 Å². The lowest BCUT2D eigenvalue weighted by Gasteiger charge is -2.59. The number of carbonyl (C=O) groups is 1. The van der Waals surface area contributed by atoms with Crippen molar-refractivity contribution < 1.29 is 13.2 Å². The van der Waals surface area contributed by atoms with Gasteiger partial charge >= 0.3 is 0 Å². The van der Waals surface area contributed by atoms with Gasteiger partial charge in [0.1, 0.15) is 0 Å². The van der Waals surface area contributed by atoms with E-state index in [2.05, 4.69) is 21.6 Å². The van der Waals surface area contributed by atoms with Crippen molar-refractivity contribution in [1.29, 1.82) is 0 Å². The molecule has 1 atom stereocenters. The molecule has 132 valence electrons. The summed E-state index contributed by atoms with van der Waals surface area (Å²) >= 11 is 0. The molecule has 2 N–H and O–H groups in total. The third-order valence-corrected chi connectivity index (χ3v) is 6.41.